The van der Waals surface area contributed by atoms with Crippen molar-refractivity contribution in [1.29, 1.82) is 0 Å². The normalized spacial score (nSPS) is 10.4. The van der Waals surface area contributed by atoms with Gasteiger partial charge in [0.05, 0.1) is 18.7 Å². The van der Waals surface area contributed by atoms with E-state index in [9.17, 15) is 9.59 Å². The van der Waals surface area contributed by atoms with Crippen LogP contribution < -0.4 is 5.32 Å². The average Bonchev–Trinajstić information content (AvgIpc) is 2.81. The number of nitrogens with one attached hydrogen (secondary N) is 1. The van der Waals surface area contributed by atoms with Crippen molar-refractivity contribution in [3.8, 4) is 0 Å². The van der Waals surface area contributed by atoms with Crippen LogP contribution in [0.1, 0.15) is 22.6 Å². The maximum atomic E-state index is 12.2. The lowest BCUT2D eigenvalue weighted by atomic mass is 10.1. The van der Waals surface area contributed by atoms with Gasteiger partial charge in [-0.05, 0) is 32.9 Å². The van der Waals surface area contributed by atoms with Crippen molar-refractivity contribution >= 4 is 17.5 Å². The summed E-state index contributed by atoms with van der Waals surface area (Å²) in [4.78, 5) is 25.6. The largest absolute Gasteiger partial charge is 0.361 e. The third-order valence-corrected chi connectivity index (χ3v) is 3.65. The molecule has 2 aromatic rings. The zero-order chi connectivity index (χ0) is 17.0. The van der Waals surface area contributed by atoms with Gasteiger partial charge >= 0.3 is 0 Å². The van der Waals surface area contributed by atoms with Gasteiger partial charge in [-0.2, -0.15) is 0 Å². The highest BCUT2D eigenvalue weighted by Crippen LogP contribution is 2.14. The van der Waals surface area contributed by atoms with Gasteiger partial charge in [-0.3, -0.25) is 9.59 Å². The summed E-state index contributed by atoms with van der Waals surface area (Å²) in [7, 11) is 1.61. The first kappa shape index (κ1) is 16.7. The van der Waals surface area contributed by atoms with Crippen molar-refractivity contribution in [2.75, 3.05) is 18.9 Å². The van der Waals surface area contributed by atoms with Gasteiger partial charge in [-0.25, -0.2) is 0 Å². The number of likely N-dealkylation sites (N-methyl/N-ethyl adjacent to an activating group) is 1. The second kappa shape index (κ2) is 7.09. The van der Waals surface area contributed by atoms with Crippen LogP contribution in [0.25, 0.3) is 0 Å². The molecule has 0 bridgehead atoms. The van der Waals surface area contributed by atoms with E-state index < -0.39 is 0 Å². The molecule has 6 nitrogen and oxygen atoms in total. The number of aromatic nitrogens is 1. The molecule has 1 N–H and O–H groups in total. The molecule has 1 aromatic heterocycles. The summed E-state index contributed by atoms with van der Waals surface area (Å²) in [5, 5.41) is 6.60. The van der Waals surface area contributed by atoms with Crippen molar-refractivity contribution < 1.29 is 14.1 Å². The van der Waals surface area contributed by atoms with E-state index in [0.29, 0.717) is 17.1 Å². The summed E-state index contributed by atoms with van der Waals surface area (Å²) in [5.41, 5.74) is 3.32. The minimum absolute atomic E-state index is 0.00388. The number of benzene rings is 1. The van der Waals surface area contributed by atoms with Gasteiger partial charge in [-0.1, -0.05) is 22.9 Å². The quantitative estimate of drug-likeness (QED) is 0.918. The van der Waals surface area contributed by atoms with E-state index in [1.807, 2.05) is 31.2 Å². The van der Waals surface area contributed by atoms with Gasteiger partial charge in [0.25, 0.3) is 0 Å². The zero-order valence-corrected chi connectivity index (χ0v) is 13.8. The van der Waals surface area contributed by atoms with Crippen LogP contribution in [-0.2, 0) is 16.0 Å². The van der Waals surface area contributed by atoms with Gasteiger partial charge in [0.1, 0.15) is 5.76 Å². The third kappa shape index (κ3) is 4.42. The number of rotatable bonds is 5. The van der Waals surface area contributed by atoms with E-state index in [1.54, 1.807) is 20.9 Å². The Bertz CT molecular complexity index is 685. The highest BCUT2D eigenvalue weighted by Gasteiger charge is 2.18. The first-order valence-corrected chi connectivity index (χ1v) is 7.39. The smallest absolute Gasteiger partial charge is 0.243 e. The SMILES string of the molecule is Cc1ccc(NC(=O)CN(C)C(=O)Cc2c(C)noc2C)cc1. The van der Waals surface area contributed by atoms with Gasteiger partial charge in [0.15, 0.2) is 0 Å². The summed E-state index contributed by atoms with van der Waals surface area (Å²) in [6.07, 6.45) is 0.176. The number of nitrogens with zero attached hydrogens (tertiary/aromatic N) is 2. The monoisotopic (exact) mass is 315 g/mol. The highest BCUT2D eigenvalue weighted by atomic mass is 16.5. The Morgan fingerprint density at radius 2 is 1.83 bits per heavy atom. The fourth-order valence-corrected chi connectivity index (χ4v) is 2.18. The zero-order valence-electron chi connectivity index (χ0n) is 13.8. The summed E-state index contributed by atoms with van der Waals surface area (Å²) >= 11 is 0. The van der Waals surface area contributed by atoms with Crippen LogP contribution >= 0.6 is 0 Å². The number of aryl methyl sites for hydroxylation is 3. The molecule has 1 aromatic carbocycles. The number of amides is 2. The second-order valence-corrected chi connectivity index (χ2v) is 5.64. The lowest BCUT2D eigenvalue weighted by Gasteiger charge is -2.16. The minimum atomic E-state index is -0.233. The molecule has 0 aliphatic heterocycles. The molecule has 2 amide bonds. The molecule has 2 rings (SSSR count). The van der Waals surface area contributed by atoms with E-state index in [2.05, 4.69) is 10.5 Å². The molecule has 0 unspecified atom stereocenters. The van der Waals surface area contributed by atoms with Gasteiger partial charge < -0.3 is 14.7 Å². The van der Waals surface area contributed by atoms with Crippen LogP contribution in [-0.4, -0.2) is 35.5 Å². The molecule has 0 spiro atoms. The highest BCUT2D eigenvalue weighted by molar-refractivity contribution is 5.94. The van der Waals surface area contributed by atoms with Crippen molar-refractivity contribution in [3.63, 3.8) is 0 Å². The Kier molecular flexibility index (Phi) is 5.16. The maximum Gasteiger partial charge on any atom is 0.243 e. The van der Waals surface area contributed by atoms with Crippen LogP contribution in [0.5, 0.6) is 0 Å². The number of hydrogen-bond acceptors (Lipinski definition) is 4. The lowest BCUT2D eigenvalue weighted by molar-refractivity contribution is -0.132. The summed E-state index contributed by atoms with van der Waals surface area (Å²) in [5.74, 6) is 0.246. The molecular formula is C17H21N3O3. The topological polar surface area (TPSA) is 75.4 Å². The van der Waals surface area contributed by atoms with Crippen LogP contribution in [0.4, 0.5) is 5.69 Å². The Balaban J connectivity index is 1.90. The third-order valence-electron chi connectivity index (χ3n) is 3.65. The van der Waals surface area contributed by atoms with E-state index in [-0.39, 0.29) is 24.8 Å². The first-order valence-electron chi connectivity index (χ1n) is 7.39. The molecule has 0 aliphatic carbocycles. The molecule has 0 saturated carbocycles. The molecule has 0 aliphatic rings. The van der Waals surface area contributed by atoms with Crippen LogP contribution in [0.15, 0.2) is 28.8 Å². The lowest BCUT2D eigenvalue weighted by Crippen LogP contribution is -2.35. The Labute approximate surface area is 135 Å². The predicted octanol–water partition coefficient (Wildman–Crippen LogP) is 2.24. The minimum Gasteiger partial charge on any atom is -0.361 e. The van der Waals surface area contributed by atoms with E-state index in [4.69, 9.17) is 4.52 Å². The first-order chi connectivity index (χ1) is 10.9. The molecule has 1 heterocycles. The van der Waals surface area contributed by atoms with E-state index >= 15 is 0 Å². The molecule has 122 valence electrons. The Hall–Kier alpha value is -2.63. The number of carbonyl (C=O) groups excluding carboxylic acids is 2. The van der Waals surface area contributed by atoms with Crippen molar-refractivity contribution in [1.82, 2.24) is 10.1 Å². The molecule has 23 heavy (non-hydrogen) atoms. The molecule has 0 saturated heterocycles. The van der Waals surface area contributed by atoms with Crippen molar-refractivity contribution in [2.45, 2.75) is 27.2 Å². The molecule has 0 radical (unpaired) electrons. The van der Waals surface area contributed by atoms with Crippen LogP contribution in [0.2, 0.25) is 0 Å². The number of hydrogen-bond donors (Lipinski definition) is 1. The molecule has 6 heteroatoms. The molecular weight excluding hydrogens is 294 g/mol. The van der Waals surface area contributed by atoms with Gasteiger partial charge in [0, 0.05) is 18.3 Å². The predicted molar refractivity (Wildman–Crippen MR) is 87.1 cm³/mol. The Morgan fingerprint density at radius 1 is 1.17 bits per heavy atom. The second-order valence-electron chi connectivity index (χ2n) is 5.64. The number of carbonyl (C=O) groups is 2. The molecule has 0 atom stereocenters. The van der Waals surface area contributed by atoms with E-state index in [1.165, 1.54) is 4.90 Å². The summed E-state index contributed by atoms with van der Waals surface area (Å²) in [6, 6.07) is 7.50. The fraction of sp³-hybridized carbons (Fsp3) is 0.353. The standard InChI is InChI=1S/C17H21N3O3/c1-11-5-7-14(8-6-11)18-16(21)10-20(4)17(22)9-15-12(2)19-23-13(15)3/h5-8H,9-10H2,1-4H3,(H,18,21). The summed E-state index contributed by atoms with van der Waals surface area (Å²) in [6.45, 7) is 5.54. The average molecular weight is 315 g/mol. The Morgan fingerprint density at radius 3 is 2.39 bits per heavy atom. The van der Waals surface area contributed by atoms with E-state index in [0.717, 1.165) is 11.1 Å². The number of anilines is 1. The van der Waals surface area contributed by atoms with Crippen LogP contribution in [0.3, 0.4) is 0 Å². The van der Waals surface area contributed by atoms with Gasteiger partial charge in [-0.15, -0.1) is 0 Å². The maximum absolute atomic E-state index is 12.2. The van der Waals surface area contributed by atoms with Crippen LogP contribution in [0, 0.1) is 20.8 Å². The van der Waals surface area contributed by atoms with Gasteiger partial charge in [0.2, 0.25) is 11.8 Å². The van der Waals surface area contributed by atoms with Crippen molar-refractivity contribution in [2.24, 2.45) is 0 Å². The fourth-order valence-electron chi connectivity index (χ4n) is 2.18. The van der Waals surface area contributed by atoms with Crippen molar-refractivity contribution in [3.05, 3.63) is 46.8 Å². The summed E-state index contributed by atoms with van der Waals surface area (Å²) < 4.78 is 5.05. The molecule has 0 fully saturated rings.